The molecule has 190 valence electrons. The lowest BCUT2D eigenvalue weighted by Crippen LogP contribution is -2.44. The fourth-order valence-electron chi connectivity index (χ4n) is 3.87. The number of benzene rings is 2. The number of anilines is 2. The van der Waals surface area contributed by atoms with Crippen molar-refractivity contribution >= 4 is 51.9 Å². The number of nitrogens with one attached hydrogen (secondary N) is 1. The van der Waals surface area contributed by atoms with Crippen molar-refractivity contribution < 1.29 is 27.2 Å². The molecule has 13 heteroatoms. The van der Waals surface area contributed by atoms with Gasteiger partial charge in [0.05, 0.1) is 34.6 Å². The van der Waals surface area contributed by atoms with Crippen LogP contribution in [0.3, 0.4) is 0 Å². The topological polar surface area (TPSA) is 89.3 Å². The lowest BCUT2D eigenvalue weighted by molar-refractivity contribution is -0.137. The first-order valence-corrected chi connectivity index (χ1v) is 11.9. The van der Waals surface area contributed by atoms with Crippen LogP contribution in [0.5, 0.6) is 0 Å². The summed E-state index contributed by atoms with van der Waals surface area (Å²) < 4.78 is 55.5. The van der Waals surface area contributed by atoms with Gasteiger partial charge in [0, 0.05) is 17.8 Å². The van der Waals surface area contributed by atoms with Crippen molar-refractivity contribution in [1.82, 2.24) is 10.3 Å². The van der Waals surface area contributed by atoms with Gasteiger partial charge in [-0.1, -0.05) is 6.07 Å². The van der Waals surface area contributed by atoms with Crippen LogP contribution >= 0.6 is 23.6 Å². The second-order valence-corrected chi connectivity index (χ2v) is 9.73. The van der Waals surface area contributed by atoms with Crippen LogP contribution in [0.25, 0.3) is 0 Å². The number of rotatable bonds is 5. The molecule has 2 heterocycles. The average Bonchev–Trinajstić information content (AvgIpc) is 3.43. The fourth-order valence-corrected chi connectivity index (χ4v) is 4.93. The maximum absolute atomic E-state index is 15.0. The third kappa shape index (κ3) is 4.77. The van der Waals surface area contributed by atoms with E-state index in [9.17, 15) is 27.2 Å². The predicted octanol–water partition coefficient (Wildman–Crippen LogP) is 5.02. The van der Waals surface area contributed by atoms with Crippen LogP contribution in [-0.4, -0.2) is 27.4 Å². The third-order valence-electron chi connectivity index (χ3n) is 5.75. The molecule has 1 aliphatic heterocycles. The van der Waals surface area contributed by atoms with E-state index in [4.69, 9.17) is 17.5 Å². The Bertz CT molecular complexity index is 1450. The summed E-state index contributed by atoms with van der Waals surface area (Å²) in [6, 6.07) is 8.42. The monoisotopic (exact) mass is 547 g/mol. The van der Waals surface area contributed by atoms with Gasteiger partial charge in [0.1, 0.15) is 16.2 Å². The third-order valence-corrected chi connectivity index (χ3v) is 6.88. The molecule has 0 aliphatic carbocycles. The molecule has 1 saturated heterocycles. The Labute approximate surface area is 217 Å². The number of aromatic nitrogens is 1. The molecule has 0 unspecified atom stereocenters. The molecule has 0 atom stereocenters. The summed E-state index contributed by atoms with van der Waals surface area (Å²) >= 11 is 6.60. The van der Waals surface area contributed by atoms with E-state index in [1.165, 1.54) is 54.7 Å². The highest BCUT2D eigenvalue weighted by Gasteiger charge is 2.50. The lowest BCUT2D eigenvalue weighted by Gasteiger charge is -2.29. The predicted molar refractivity (Wildman–Crippen MR) is 132 cm³/mol. The zero-order valence-electron chi connectivity index (χ0n) is 19.3. The second kappa shape index (κ2) is 9.53. The highest BCUT2D eigenvalue weighted by atomic mass is 32.1. The summed E-state index contributed by atoms with van der Waals surface area (Å²) in [5.74, 6) is -1.71. The standard InChI is InChI=1S/C24H17F4N5O2S2/c1-23(2)21(35)32(15-5-3-13(9-29)17(7-15)24(26,27)28)22(36)33(23)16-6-4-14(18(25)8-16)10-31-20(34)19-11-30-12-37-19/h3-8,11-12H,10H2,1-2H3,(H,31,34). The Hall–Kier alpha value is -3.89. The van der Waals surface area contributed by atoms with Gasteiger partial charge in [-0.25, -0.2) is 4.39 Å². The van der Waals surface area contributed by atoms with E-state index in [1.54, 1.807) is 0 Å². The van der Waals surface area contributed by atoms with E-state index >= 15 is 0 Å². The van der Waals surface area contributed by atoms with E-state index in [2.05, 4.69) is 10.3 Å². The van der Waals surface area contributed by atoms with Crippen molar-refractivity contribution in [3.05, 3.63) is 75.5 Å². The van der Waals surface area contributed by atoms with Crippen LogP contribution in [0.15, 0.2) is 48.1 Å². The zero-order chi connectivity index (χ0) is 27.1. The Morgan fingerprint density at radius 2 is 1.92 bits per heavy atom. The average molecular weight is 548 g/mol. The molecule has 37 heavy (non-hydrogen) atoms. The number of amides is 2. The molecule has 2 amide bonds. The van der Waals surface area contributed by atoms with Crippen LogP contribution in [-0.2, 0) is 17.5 Å². The van der Waals surface area contributed by atoms with Gasteiger partial charge in [-0.05, 0) is 56.4 Å². The number of alkyl halides is 3. The van der Waals surface area contributed by atoms with Crippen LogP contribution in [0, 0.1) is 17.1 Å². The van der Waals surface area contributed by atoms with Gasteiger partial charge < -0.3 is 10.2 Å². The number of nitrogens with zero attached hydrogens (tertiary/aromatic N) is 4. The number of carbonyl (C=O) groups excluding carboxylic acids is 2. The molecule has 1 aromatic heterocycles. The van der Waals surface area contributed by atoms with Crippen molar-refractivity contribution in [3.8, 4) is 6.07 Å². The number of carbonyl (C=O) groups is 2. The normalized spacial score (nSPS) is 15.2. The molecule has 0 saturated carbocycles. The van der Waals surface area contributed by atoms with Gasteiger partial charge in [-0.3, -0.25) is 19.5 Å². The van der Waals surface area contributed by atoms with Gasteiger partial charge in [-0.2, -0.15) is 18.4 Å². The number of thiazole rings is 1. The molecule has 2 aromatic carbocycles. The number of thiocarbonyl (C=S) groups is 1. The number of nitriles is 1. The van der Waals surface area contributed by atoms with Crippen molar-refractivity contribution in [3.63, 3.8) is 0 Å². The number of hydrogen-bond acceptors (Lipinski definition) is 6. The summed E-state index contributed by atoms with van der Waals surface area (Å²) in [5, 5.41) is 11.5. The van der Waals surface area contributed by atoms with Crippen molar-refractivity contribution in [2.75, 3.05) is 9.80 Å². The summed E-state index contributed by atoms with van der Waals surface area (Å²) in [6.45, 7) is 2.92. The Balaban J connectivity index is 1.63. The minimum Gasteiger partial charge on any atom is -0.347 e. The van der Waals surface area contributed by atoms with Crippen molar-refractivity contribution in [2.45, 2.75) is 32.1 Å². The summed E-state index contributed by atoms with van der Waals surface area (Å²) in [6.07, 6.45) is -3.43. The molecule has 1 aliphatic rings. The van der Waals surface area contributed by atoms with Crippen molar-refractivity contribution in [1.29, 1.82) is 5.26 Å². The molecule has 1 N–H and O–H groups in total. The number of hydrogen-bond donors (Lipinski definition) is 1. The fraction of sp³-hybridized carbons (Fsp3) is 0.208. The molecular formula is C24H17F4N5O2S2. The highest BCUT2D eigenvalue weighted by molar-refractivity contribution is 7.81. The molecule has 1 fully saturated rings. The molecule has 3 aromatic rings. The quantitative estimate of drug-likeness (QED) is 0.357. The van der Waals surface area contributed by atoms with Crippen LogP contribution in [0.2, 0.25) is 0 Å². The largest absolute Gasteiger partial charge is 0.417 e. The second-order valence-electron chi connectivity index (χ2n) is 8.48. The van der Waals surface area contributed by atoms with E-state index in [0.717, 1.165) is 28.4 Å². The van der Waals surface area contributed by atoms with Gasteiger partial charge in [-0.15, -0.1) is 11.3 Å². The van der Waals surface area contributed by atoms with Gasteiger partial charge >= 0.3 is 6.18 Å². The van der Waals surface area contributed by atoms with Crippen LogP contribution in [0.1, 0.15) is 40.2 Å². The first-order valence-electron chi connectivity index (χ1n) is 10.6. The summed E-state index contributed by atoms with van der Waals surface area (Å²) in [5.41, 5.74) is -1.45. The molecule has 0 spiro atoms. The van der Waals surface area contributed by atoms with E-state index in [1.807, 2.05) is 0 Å². The van der Waals surface area contributed by atoms with E-state index < -0.39 is 40.5 Å². The smallest absolute Gasteiger partial charge is 0.347 e. The first kappa shape index (κ1) is 26.2. The van der Waals surface area contributed by atoms with Gasteiger partial charge in [0.15, 0.2) is 5.11 Å². The minimum absolute atomic E-state index is 0.104. The zero-order valence-corrected chi connectivity index (χ0v) is 20.9. The SMILES string of the molecule is CC1(C)C(=O)N(c2ccc(C#N)c(C(F)(F)F)c2)C(=S)N1c1ccc(CNC(=O)c2cncs2)c(F)c1. The maximum atomic E-state index is 15.0. The Morgan fingerprint density at radius 1 is 1.22 bits per heavy atom. The van der Waals surface area contributed by atoms with Gasteiger partial charge in [0.2, 0.25) is 0 Å². The lowest BCUT2D eigenvalue weighted by atomic mass is 10.0. The van der Waals surface area contributed by atoms with E-state index in [-0.39, 0.29) is 28.6 Å². The van der Waals surface area contributed by atoms with E-state index in [0.29, 0.717) is 10.9 Å². The summed E-state index contributed by atoms with van der Waals surface area (Å²) in [7, 11) is 0. The molecule has 0 bridgehead atoms. The Kier molecular flexibility index (Phi) is 6.74. The molecule has 0 radical (unpaired) electrons. The molecule has 7 nitrogen and oxygen atoms in total. The maximum Gasteiger partial charge on any atom is 0.417 e. The molecule has 4 rings (SSSR count). The summed E-state index contributed by atoms with van der Waals surface area (Å²) in [4.78, 5) is 31.9. The first-order chi connectivity index (χ1) is 17.4. The van der Waals surface area contributed by atoms with Crippen LogP contribution < -0.4 is 15.1 Å². The van der Waals surface area contributed by atoms with Gasteiger partial charge in [0.25, 0.3) is 11.8 Å². The Morgan fingerprint density at radius 3 is 2.51 bits per heavy atom. The minimum atomic E-state index is -4.82. The van der Waals surface area contributed by atoms with Crippen molar-refractivity contribution in [2.24, 2.45) is 0 Å². The number of halogens is 4. The molecular weight excluding hydrogens is 530 g/mol. The van der Waals surface area contributed by atoms with Crippen LogP contribution in [0.4, 0.5) is 28.9 Å². The highest BCUT2D eigenvalue weighted by Crippen LogP contribution is 2.39.